The summed E-state index contributed by atoms with van der Waals surface area (Å²) in [5.41, 5.74) is -0.971. The third kappa shape index (κ3) is 11.3. The smallest absolute Gasteiger partial charge is 0.408 e. The Morgan fingerprint density at radius 1 is 0.875 bits per heavy atom. The van der Waals surface area contributed by atoms with Crippen molar-refractivity contribution in [1.82, 2.24) is 31.1 Å². The average molecular weight is 781 g/mol. The maximum absolute atomic E-state index is 14.6. The molecule has 1 aliphatic heterocycles. The van der Waals surface area contributed by atoms with Crippen LogP contribution in [0.25, 0.3) is 0 Å². The SMILES string of the molecule is CC1C[C@H]2CN(C(=O)[C@@H](NC(=O)OC(C)(C)C)C(C)(C)C)[C@H](C(=O)NC(CC3CCC3)C(=O)C(=O)NCC(=O)N[C@H](C(=O)N(C)C)c3ccccc3)[C@H]2CC1C. The molecule has 14 nitrogen and oxygen atoms in total. The fourth-order valence-corrected chi connectivity index (χ4v) is 8.10. The van der Waals surface area contributed by atoms with E-state index in [1.165, 1.54) is 4.90 Å². The summed E-state index contributed by atoms with van der Waals surface area (Å²) in [7, 11) is 3.14. The molecule has 56 heavy (non-hydrogen) atoms. The summed E-state index contributed by atoms with van der Waals surface area (Å²) in [6.45, 7) is 14.8. The molecule has 1 saturated heterocycles. The molecule has 0 spiro atoms. The van der Waals surface area contributed by atoms with Crippen LogP contribution in [0.15, 0.2) is 30.3 Å². The van der Waals surface area contributed by atoms with Crippen LogP contribution in [0.3, 0.4) is 0 Å². The highest BCUT2D eigenvalue weighted by Crippen LogP contribution is 2.46. The molecule has 3 aliphatic rings. The van der Waals surface area contributed by atoms with Crippen molar-refractivity contribution in [1.29, 1.82) is 0 Å². The number of ether oxygens (including phenoxy) is 1. The molecule has 2 aliphatic carbocycles. The Morgan fingerprint density at radius 2 is 1.50 bits per heavy atom. The molecule has 0 aromatic heterocycles. The van der Waals surface area contributed by atoms with E-state index in [1.807, 2.05) is 20.8 Å². The molecule has 0 radical (unpaired) electrons. The largest absolute Gasteiger partial charge is 0.444 e. The van der Waals surface area contributed by atoms with Gasteiger partial charge in [0.25, 0.3) is 5.91 Å². The van der Waals surface area contributed by atoms with Gasteiger partial charge in [-0.1, -0.05) is 84.2 Å². The number of nitrogens with zero attached hydrogens (tertiary/aromatic N) is 2. The number of likely N-dealkylation sites (tertiary alicyclic amines) is 1. The number of alkyl carbamates (subject to hydrolysis) is 1. The molecule has 8 atom stereocenters. The van der Waals surface area contributed by atoms with Crippen LogP contribution in [0.5, 0.6) is 0 Å². The number of nitrogens with one attached hydrogen (secondary N) is 4. The number of fused-ring (bicyclic) bond motifs is 1. The third-order valence-corrected chi connectivity index (χ3v) is 11.6. The van der Waals surface area contributed by atoms with Crippen molar-refractivity contribution in [2.45, 2.75) is 124 Å². The van der Waals surface area contributed by atoms with Crippen LogP contribution in [-0.4, -0.2) is 102 Å². The number of Topliss-reactive ketones (excluding diaryl/α,β-unsaturated/α-hetero) is 1. The van der Waals surface area contributed by atoms with Crippen LogP contribution in [0.2, 0.25) is 0 Å². The Balaban J connectivity index is 1.54. The minimum Gasteiger partial charge on any atom is -0.444 e. The number of carbonyl (C=O) groups excluding carboxylic acids is 7. The van der Waals surface area contributed by atoms with Crippen LogP contribution in [0.4, 0.5) is 4.79 Å². The van der Waals surface area contributed by atoms with Crippen molar-refractivity contribution in [3.05, 3.63) is 35.9 Å². The first-order chi connectivity index (χ1) is 26.1. The molecule has 4 N–H and O–H groups in total. The summed E-state index contributed by atoms with van der Waals surface area (Å²) in [5.74, 6) is -3.26. The second-order valence-corrected chi connectivity index (χ2v) is 18.5. The van der Waals surface area contributed by atoms with Gasteiger partial charge in [-0.15, -0.1) is 0 Å². The number of benzene rings is 1. The third-order valence-electron chi connectivity index (χ3n) is 11.6. The Labute approximate surface area is 332 Å². The minimum atomic E-state index is -1.18. The highest BCUT2D eigenvalue weighted by Gasteiger charge is 2.53. The zero-order valence-corrected chi connectivity index (χ0v) is 34.9. The van der Waals surface area contributed by atoms with Gasteiger partial charge in [-0.05, 0) is 80.6 Å². The number of hydrogen-bond donors (Lipinski definition) is 4. The van der Waals surface area contributed by atoms with E-state index in [4.69, 9.17) is 4.74 Å². The van der Waals surface area contributed by atoms with Gasteiger partial charge in [-0.25, -0.2) is 4.79 Å². The maximum atomic E-state index is 14.6. The number of hydrogen-bond acceptors (Lipinski definition) is 8. The molecule has 2 saturated carbocycles. The van der Waals surface area contributed by atoms with Gasteiger partial charge in [0.1, 0.15) is 23.7 Å². The van der Waals surface area contributed by atoms with Gasteiger partial charge >= 0.3 is 6.09 Å². The Bertz CT molecular complexity index is 1610. The van der Waals surface area contributed by atoms with Crippen LogP contribution in [0.1, 0.15) is 106 Å². The quantitative estimate of drug-likeness (QED) is 0.218. The van der Waals surface area contributed by atoms with Crippen LogP contribution >= 0.6 is 0 Å². The minimum absolute atomic E-state index is 0.0322. The maximum Gasteiger partial charge on any atom is 0.408 e. The van der Waals surface area contributed by atoms with E-state index < -0.39 is 77.2 Å². The Morgan fingerprint density at radius 3 is 2.05 bits per heavy atom. The molecule has 14 heteroatoms. The second-order valence-electron chi connectivity index (χ2n) is 18.5. The van der Waals surface area contributed by atoms with E-state index in [0.29, 0.717) is 30.4 Å². The van der Waals surface area contributed by atoms with Gasteiger partial charge in [0.05, 0.1) is 12.6 Å². The average Bonchev–Trinajstić information content (AvgIpc) is 3.45. The zero-order valence-electron chi connectivity index (χ0n) is 34.9. The lowest BCUT2D eigenvalue weighted by Crippen LogP contribution is -2.60. The van der Waals surface area contributed by atoms with Gasteiger partial charge in [0.2, 0.25) is 29.4 Å². The summed E-state index contributed by atoms with van der Waals surface area (Å²) in [6, 6.07) is 4.57. The summed E-state index contributed by atoms with van der Waals surface area (Å²) in [5, 5.41) is 10.7. The van der Waals surface area contributed by atoms with Gasteiger partial charge in [0.15, 0.2) is 0 Å². The first kappa shape index (κ1) is 44.2. The number of carbonyl (C=O) groups is 7. The fraction of sp³-hybridized carbons (Fsp3) is 0.690. The molecule has 3 fully saturated rings. The van der Waals surface area contributed by atoms with Gasteiger partial charge in [-0.2, -0.15) is 0 Å². The number of ketones is 1. The molecule has 1 heterocycles. The lowest BCUT2D eigenvalue weighted by Gasteiger charge is -2.38. The van der Waals surface area contributed by atoms with Gasteiger partial charge in [-0.3, -0.25) is 28.8 Å². The lowest BCUT2D eigenvalue weighted by molar-refractivity contribution is -0.145. The van der Waals surface area contributed by atoms with Crippen molar-refractivity contribution < 1.29 is 38.3 Å². The summed E-state index contributed by atoms with van der Waals surface area (Å²) < 4.78 is 5.50. The van der Waals surface area contributed by atoms with E-state index >= 15 is 0 Å². The molecular weight excluding hydrogens is 716 g/mol. The number of likely N-dealkylation sites (N-methyl/N-ethyl adjacent to an activating group) is 1. The topological polar surface area (TPSA) is 183 Å². The van der Waals surface area contributed by atoms with E-state index in [-0.39, 0.29) is 30.1 Å². The van der Waals surface area contributed by atoms with Crippen molar-refractivity contribution in [2.24, 2.45) is 35.0 Å². The van der Waals surface area contributed by atoms with Crippen LogP contribution in [0, 0.1) is 35.0 Å². The molecule has 3 unspecified atom stereocenters. The van der Waals surface area contributed by atoms with Crippen LogP contribution < -0.4 is 21.3 Å². The first-order valence-electron chi connectivity index (χ1n) is 20.0. The Hall–Kier alpha value is -4.49. The molecule has 1 aromatic rings. The summed E-state index contributed by atoms with van der Waals surface area (Å²) >= 11 is 0. The zero-order chi connectivity index (χ0) is 41.7. The predicted octanol–water partition coefficient (Wildman–Crippen LogP) is 3.74. The number of rotatable bonds is 13. The number of amides is 6. The van der Waals surface area contributed by atoms with Crippen molar-refractivity contribution in [3.8, 4) is 0 Å². The standard InChI is InChI=1S/C42H64N6O8/c1-24-19-28-23-48(39(54)35(41(3,4)5)46-40(55)56-42(6,7)8)33(29(28)20-25(24)2)36(51)44-30(21-26-15-14-16-26)34(50)37(52)43-22-31(49)45-32(38(53)47(9)10)27-17-12-11-13-18-27/h11-13,17-18,24-26,28-30,32-33,35H,14-16,19-23H2,1-10H3,(H,43,52)(H,44,51)(H,45,49)(H,46,55)/t24?,25?,28-,29-,30?,32-,33-,35+/m0/s1. The van der Waals surface area contributed by atoms with Crippen molar-refractivity contribution in [3.63, 3.8) is 0 Å². The summed E-state index contributed by atoms with van der Waals surface area (Å²) in [4.78, 5) is 98.1. The molecule has 1 aromatic carbocycles. The highest BCUT2D eigenvalue weighted by molar-refractivity contribution is 6.38. The summed E-state index contributed by atoms with van der Waals surface area (Å²) in [6.07, 6.45) is 3.69. The monoisotopic (exact) mass is 780 g/mol. The molecule has 4 rings (SSSR count). The highest BCUT2D eigenvalue weighted by atomic mass is 16.6. The van der Waals surface area contributed by atoms with E-state index in [1.54, 1.807) is 70.1 Å². The predicted molar refractivity (Wildman–Crippen MR) is 211 cm³/mol. The van der Waals surface area contributed by atoms with Crippen molar-refractivity contribution >= 4 is 41.4 Å². The van der Waals surface area contributed by atoms with Gasteiger partial charge in [0, 0.05) is 20.6 Å². The Kier molecular flexibility index (Phi) is 14.4. The van der Waals surface area contributed by atoms with Gasteiger partial charge < -0.3 is 35.8 Å². The molecule has 310 valence electrons. The first-order valence-corrected chi connectivity index (χ1v) is 20.0. The van der Waals surface area contributed by atoms with E-state index in [0.717, 1.165) is 25.7 Å². The molecular formula is C42H64N6O8. The molecule has 0 bridgehead atoms. The lowest BCUT2D eigenvalue weighted by atomic mass is 9.69. The fourth-order valence-electron chi connectivity index (χ4n) is 8.10. The van der Waals surface area contributed by atoms with E-state index in [9.17, 15) is 33.6 Å². The normalized spacial score (nSPS) is 24.0. The van der Waals surface area contributed by atoms with Crippen LogP contribution in [-0.2, 0) is 33.5 Å². The van der Waals surface area contributed by atoms with E-state index in [2.05, 4.69) is 35.1 Å². The van der Waals surface area contributed by atoms with Crippen molar-refractivity contribution in [2.75, 3.05) is 27.2 Å². The molecule has 6 amide bonds. The second kappa shape index (κ2) is 18.2.